The molecule has 2 heterocycles. The third-order valence-corrected chi connectivity index (χ3v) is 4.22. The summed E-state index contributed by atoms with van der Waals surface area (Å²) in [4.78, 5) is 16.4. The number of carbonyl (C=O) groups excluding carboxylic acids is 1. The molecule has 1 aromatic heterocycles. The van der Waals surface area contributed by atoms with Gasteiger partial charge in [0.05, 0.1) is 12.5 Å². The van der Waals surface area contributed by atoms with E-state index in [0.717, 1.165) is 31.7 Å². The van der Waals surface area contributed by atoms with Gasteiger partial charge in [-0.3, -0.25) is 4.79 Å². The van der Waals surface area contributed by atoms with Gasteiger partial charge in [0.15, 0.2) is 5.82 Å². The lowest BCUT2D eigenvalue weighted by atomic mass is 10.0. The summed E-state index contributed by atoms with van der Waals surface area (Å²) >= 11 is 0. The highest BCUT2D eigenvalue weighted by Crippen LogP contribution is 2.20. The molecule has 1 aromatic rings. The standard InChI is InChI=1S/C15H25N5O2/c1-19(15(21)9-13(10-16)22-2)12-5-4-8-20(11-12)14-6-3-7-17-18-14/h3,6-7,12-13H,4-5,8-11,16H2,1-2H3. The Morgan fingerprint density at radius 2 is 2.45 bits per heavy atom. The molecule has 7 nitrogen and oxygen atoms in total. The Morgan fingerprint density at radius 1 is 1.64 bits per heavy atom. The zero-order valence-electron chi connectivity index (χ0n) is 13.3. The second-order valence-electron chi connectivity index (χ2n) is 5.63. The van der Waals surface area contributed by atoms with Gasteiger partial charge in [0, 0.05) is 46.0 Å². The van der Waals surface area contributed by atoms with Crippen molar-refractivity contribution in [1.29, 1.82) is 0 Å². The van der Waals surface area contributed by atoms with E-state index in [-0.39, 0.29) is 18.1 Å². The first-order chi connectivity index (χ1) is 10.7. The summed E-state index contributed by atoms with van der Waals surface area (Å²) in [6.45, 7) is 2.08. The normalized spacial score (nSPS) is 19.8. The zero-order valence-corrected chi connectivity index (χ0v) is 13.3. The highest BCUT2D eigenvalue weighted by molar-refractivity contribution is 5.77. The van der Waals surface area contributed by atoms with Crippen molar-refractivity contribution < 1.29 is 9.53 Å². The van der Waals surface area contributed by atoms with Crippen LogP contribution >= 0.6 is 0 Å². The molecule has 22 heavy (non-hydrogen) atoms. The maximum atomic E-state index is 12.4. The summed E-state index contributed by atoms with van der Waals surface area (Å²) in [5.41, 5.74) is 5.59. The van der Waals surface area contributed by atoms with Gasteiger partial charge in [0.1, 0.15) is 0 Å². The Kier molecular flexibility index (Phi) is 6.09. The monoisotopic (exact) mass is 307 g/mol. The highest BCUT2D eigenvalue weighted by atomic mass is 16.5. The number of nitrogens with two attached hydrogens (primary N) is 1. The van der Waals surface area contributed by atoms with Crippen molar-refractivity contribution in [3.63, 3.8) is 0 Å². The number of piperidine rings is 1. The maximum Gasteiger partial charge on any atom is 0.225 e. The van der Waals surface area contributed by atoms with Gasteiger partial charge in [-0.1, -0.05) is 0 Å². The van der Waals surface area contributed by atoms with E-state index in [1.165, 1.54) is 0 Å². The molecule has 1 aliphatic rings. The quantitative estimate of drug-likeness (QED) is 0.812. The van der Waals surface area contributed by atoms with Gasteiger partial charge in [-0.05, 0) is 25.0 Å². The Balaban J connectivity index is 1.95. The molecule has 7 heteroatoms. The molecule has 1 saturated heterocycles. The molecule has 1 fully saturated rings. The molecular formula is C15H25N5O2. The maximum absolute atomic E-state index is 12.4. The van der Waals surface area contributed by atoms with Crippen LogP contribution in [0.5, 0.6) is 0 Å². The largest absolute Gasteiger partial charge is 0.380 e. The number of anilines is 1. The van der Waals surface area contributed by atoms with Crippen LogP contribution in [0, 0.1) is 0 Å². The van der Waals surface area contributed by atoms with Crippen LogP contribution in [0.3, 0.4) is 0 Å². The molecular weight excluding hydrogens is 282 g/mol. The minimum absolute atomic E-state index is 0.0725. The van der Waals surface area contributed by atoms with Crippen LogP contribution in [0.4, 0.5) is 5.82 Å². The number of hydrogen-bond donors (Lipinski definition) is 1. The predicted molar refractivity (Wildman–Crippen MR) is 84.5 cm³/mol. The first-order valence-corrected chi connectivity index (χ1v) is 7.67. The average molecular weight is 307 g/mol. The van der Waals surface area contributed by atoms with Crippen LogP contribution in [-0.2, 0) is 9.53 Å². The lowest BCUT2D eigenvalue weighted by molar-refractivity contribution is -0.134. The van der Waals surface area contributed by atoms with Gasteiger partial charge in [-0.2, -0.15) is 5.10 Å². The molecule has 0 saturated carbocycles. The van der Waals surface area contributed by atoms with Crippen molar-refractivity contribution in [1.82, 2.24) is 15.1 Å². The number of hydrogen-bond acceptors (Lipinski definition) is 6. The van der Waals surface area contributed by atoms with E-state index < -0.39 is 0 Å². The fraction of sp³-hybridized carbons (Fsp3) is 0.667. The third-order valence-electron chi connectivity index (χ3n) is 4.22. The average Bonchev–Trinajstić information content (AvgIpc) is 2.59. The van der Waals surface area contributed by atoms with Gasteiger partial charge < -0.3 is 20.3 Å². The van der Waals surface area contributed by atoms with Gasteiger partial charge in [0.25, 0.3) is 0 Å². The number of carbonyl (C=O) groups is 1. The van der Waals surface area contributed by atoms with Gasteiger partial charge in [-0.25, -0.2) is 0 Å². The van der Waals surface area contributed by atoms with E-state index in [2.05, 4.69) is 15.1 Å². The molecule has 0 bridgehead atoms. The molecule has 0 radical (unpaired) electrons. The summed E-state index contributed by atoms with van der Waals surface area (Å²) in [5.74, 6) is 0.938. The number of methoxy groups -OCH3 is 1. The summed E-state index contributed by atoms with van der Waals surface area (Å²) in [5, 5.41) is 8.08. The Morgan fingerprint density at radius 3 is 3.09 bits per heavy atom. The summed E-state index contributed by atoms with van der Waals surface area (Å²) in [7, 11) is 3.44. The molecule has 1 amide bonds. The summed E-state index contributed by atoms with van der Waals surface area (Å²) in [6.07, 6.45) is 3.81. The summed E-state index contributed by atoms with van der Waals surface area (Å²) in [6, 6.07) is 4.01. The molecule has 0 spiro atoms. The Bertz CT molecular complexity index is 466. The third kappa shape index (κ3) is 4.14. The minimum Gasteiger partial charge on any atom is -0.380 e. The van der Waals surface area contributed by atoms with E-state index in [1.54, 1.807) is 13.3 Å². The van der Waals surface area contributed by atoms with Crippen LogP contribution in [0.25, 0.3) is 0 Å². The van der Waals surface area contributed by atoms with Crippen molar-refractivity contribution in [3.05, 3.63) is 18.3 Å². The van der Waals surface area contributed by atoms with Crippen LogP contribution < -0.4 is 10.6 Å². The van der Waals surface area contributed by atoms with Gasteiger partial charge in [0.2, 0.25) is 5.91 Å². The van der Waals surface area contributed by atoms with E-state index in [0.29, 0.717) is 13.0 Å². The predicted octanol–water partition coefficient (Wildman–Crippen LogP) is 0.268. The van der Waals surface area contributed by atoms with Crippen molar-refractivity contribution >= 4 is 11.7 Å². The molecule has 2 atom stereocenters. The molecule has 1 aliphatic heterocycles. The number of amides is 1. The van der Waals surface area contributed by atoms with Crippen LogP contribution in [-0.4, -0.2) is 66.9 Å². The summed E-state index contributed by atoms with van der Waals surface area (Å²) < 4.78 is 5.20. The fourth-order valence-electron chi connectivity index (χ4n) is 2.75. The highest BCUT2D eigenvalue weighted by Gasteiger charge is 2.27. The minimum atomic E-state index is -0.213. The van der Waals surface area contributed by atoms with E-state index in [9.17, 15) is 4.79 Å². The van der Waals surface area contributed by atoms with E-state index in [1.807, 2.05) is 24.1 Å². The van der Waals surface area contributed by atoms with Crippen molar-refractivity contribution in [2.24, 2.45) is 5.73 Å². The van der Waals surface area contributed by atoms with Crippen molar-refractivity contribution in [2.75, 3.05) is 38.7 Å². The molecule has 122 valence electrons. The van der Waals surface area contributed by atoms with Gasteiger partial charge in [-0.15, -0.1) is 5.10 Å². The second-order valence-corrected chi connectivity index (χ2v) is 5.63. The zero-order chi connectivity index (χ0) is 15.9. The number of nitrogens with zero attached hydrogens (tertiary/aromatic N) is 4. The van der Waals surface area contributed by atoms with Crippen LogP contribution in [0.15, 0.2) is 18.3 Å². The molecule has 0 aliphatic carbocycles. The van der Waals surface area contributed by atoms with Crippen LogP contribution in [0.1, 0.15) is 19.3 Å². The number of aromatic nitrogens is 2. The molecule has 0 aromatic carbocycles. The first-order valence-electron chi connectivity index (χ1n) is 7.67. The van der Waals surface area contributed by atoms with Crippen LogP contribution in [0.2, 0.25) is 0 Å². The molecule has 2 N–H and O–H groups in total. The fourth-order valence-corrected chi connectivity index (χ4v) is 2.75. The molecule has 2 rings (SSSR count). The second kappa shape index (κ2) is 8.05. The van der Waals surface area contributed by atoms with Crippen molar-refractivity contribution in [2.45, 2.75) is 31.4 Å². The van der Waals surface area contributed by atoms with E-state index in [4.69, 9.17) is 10.5 Å². The number of ether oxygens (including phenoxy) is 1. The topological polar surface area (TPSA) is 84.6 Å². The lowest BCUT2D eigenvalue weighted by Crippen LogP contribution is -2.49. The Labute approximate surface area is 131 Å². The SMILES string of the molecule is COC(CN)CC(=O)N(C)C1CCCN(c2cccnn2)C1. The van der Waals surface area contributed by atoms with Gasteiger partial charge >= 0.3 is 0 Å². The molecule has 2 unspecified atom stereocenters. The smallest absolute Gasteiger partial charge is 0.225 e. The Hall–Kier alpha value is -1.73. The van der Waals surface area contributed by atoms with E-state index >= 15 is 0 Å². The number of likely N-dealkylation sites (N-methyl/N-ethyl adjacent to an activating group) is 1. The first kappa shape index (κ1) is 16.6. The lowest BCUT2D eigenvalue weighted by Gasteiger charge is -2.38. The van der Waals surface area contributed by atoms with Crippen molar-refractivity contribution in [3.8, 4) is 0 Å². The number of rotatable bonds is 6.